The van der Waals surface area contributed by atoms with Crippen LogP contribution in [-0.4, -0.2) is 17.8 Å². The van der Waals surface area contributed by atoms with Crippen molar-refractivity contribution in [2.75, 3.05) is 6.66 Å². The van der Waals surface area contributed by atoms with Gasteiger partial charge >= 0.3 is 0 Å². The lowest BCUT2D eigenvalue weighted by Gasteiger charge is -2.11. The Hall–Kier alpha value is -1.12. The van der Waals surface area contributed by atoms with Crippen LogP contribution in [0.25, 0.3) is 0 Å². The van der Waals surface area contributed by atoms with Crippen LogP contribution in [0.5, 0.6) is 5.75 Å². The molecule has 0 saturated carbocycles. The zero-order chi connectivity index (χ0) is 9.90. The second kappa shape index (κ2) is 3.73. The van der Waals surface area contributed by atoms with Crippen LogP contribution in [0.2, 0.25) is 0 Å². The summed E-state index contributed by atoms with van der Waals surface area (Å²) in [6, 6.07) is 6.64. The van der Waals surface area contributed by atoms with E-state index in [0.717, 1.165) is 5.56 Å². The van der Waals surface area contributed by atoms with Crippen molar-refractivity contribution < 1.29 is 9.42 Å². The highest BCUT2D eigenvalue weighted by molar-refractivity contribution is 7.53. The van der Waals surface area contributed by atoms with E-state index in [1.54, 1.807) is 24.3 Å². The van der Waals surface area contributed by atoms with Crippen molar-refractivity contribution in [3.8, 4) is 5.75 Å². The first-order valence-electron chi connectivity index (χ1n) is 3.66. The van der Waals surface area contributed by atoms with Crippen LogP contribution >= 0.6 is 7.51 Å². The first-order valence-corrected chi connectivity index (χ1v) is 5.76. The molecule has 4 nitrogen and oxygen atoms in total. The summed E-state index contributed by atoms with van der Waals surface area (Å²) >= 11 is 0. The first kappa shape index (κ1) is 9.96. The number of hydrogen-bond acceptors (Lipinski definition) is 3. The topological polar surface area (TPSA) is 77.2 Å². The molecule has 1 rings (SSSR count). The van der Waals surface area contributed by atoms with Crippen LogP contribution in [0.1, 0.15) is 5.56 Å². The van der Waals surface area contributed by atoms with E-state index in [9.17, 15) is 0 Å². The summed E-state index contributed by atoms with van der Waals surface area (Å²) in [7, 11) is -2.97. The summed E-state index contributed by atoms with van der Waals surface area (Å²) in [6.45, 7) is 1.34. The molecule has 0 amide bonds. The Bertz CT molecular complexity index is 342. The molecule has 1 atom stereocenters. The molecule has 0 heterocycles. The summed E-state index contributed by atoms with van der Waals surface area (Å²) in [5.74, 6) is 0.457. The lowest BCUT2D eigenvalue weighted by molar-refractivity contribution is 0.474. The third-order valence-corrected chi connectivity index (χ3v) is 1.90. The molecule has 0 aromatic heterocycles. The lowest BCUT2D eigenvalue weighted by atomic mass is 10.2. The van der Waals surface area contributed by atoms with Crippen LogP contribution in [0, 0.1) is 10.6 Å². The zero-order valence-electron chi connectivity index (χ0n) is 7.19. The van der Waals surface area contributed by atoms with Crippen molar-refractivity contribution in [1.29, 1.82) is 10.6 Å². The predicted octanol–water partition coefficient (Wildman–Crippen LogP) is 2.30. The third kappa shape index (κ3) is 3.40. The van der Waals surface area contributed by atoms with Crippen molar-refractivity contribution in [1.82, 2.24) is 0 Å². The molecule has 5 heteroatoms. The van der Waals surface area contributed by atoms with Crippen molar-refractivity contribution in [3.05, 3.63) is 29.8 Å². The van der Waals surface area contributed by atoms with Gasteiger partial charge in [0, 0.05) is 12.9 Å². The van der Waals surface area contributed by atoms with Crippen molar-refractivity contribution in [2.45, 2.75) is 0 Å². The second-order valence-corrected chi connectivity index (χ2v) is 4.62. The van der Waals surface area contributed by atoms with Crippen LogP contribution in [0.4, 0.5) is 0 Å². The quantitative estimate of drug-likeness (QED) is 0.514. The van der Waals surface area contributed by atoms with E-state index < -0.39 is 7.51 Å². The predicted molar refractivity (Wildman–Crippen MR) is 52.7 cm³/mol. The molecular formula is C8H11N2O2P. The fraction of sp³-hybridized carbons (Fsp3) is 0.125. The van der Waals surface area contributed by atoms with Gasteiger partial charge in [0.15, 0.2) is 0 Å². The molecular weight excluding hydrogens is 187 g/mol. The van der Waals surface area contributed by atoms with Crippen molar-refractivity contribution in [2.24, 2.45) is 0 Å². The van der Waals surface area contributed by atoms with E-state index in [1.807, 2.05) is 0 Å². The molecule has 13 heavy (non-hydrogen) atoms. The molecule has 0 spiro atoms. The third-order valence-electron chi connectivity index (χ3n) is 1.33. The molecule has 0 radical (unpaired) electrons. The van der Waals surface area contributed by atoms with E-state index in [2.05, 4.69) is 0 Å². The minimum absolute atomic E-state index is 0.457. The largest absolute Gasteiger partial charge is 0.439 e. The van der Waals surface area contributed by atoms with Gasteiger partial charge in [0.1, 0.15) is 5.75 Å². The van der Waals surface area contributed by atoms with Gasteiger partial charge in [-0.2, -0.15) is 0 Å². The summed E-state index contributed by atoms with van der Waals surface area (Å²) in [4.78, 5) is 9.11. The minimum atomic E-state index is -2.97. The first-order chi connectivity index (χ1) is 6.01. The van der Waals surface area contributed by atoms with Gasteiger partial charge in [-0.3, -0.25) is 5.16 Å². The highest BCUT2D eigenvalue weighted by atomic mass is 31.2. The van der Waals surface area contributed by atoms with Gasteiger partial charge in [0.05, 0.1) is 0 Å². The second-order valence-electron chi connectivity index (χ2n) is 2.68. The maximum absolute atomic E-state index is 9.11. The molecule has 3 N–H and O–H groups in total. The molecule has 1 unspecified atom stereocenters. The molecule has 0 saturated heterocycles. The fourth-order valence-corrected chi connectivity index (χ4v) is 1.36. The molecule has 1 aromatic carbocycles. The smallest absolute Gasteiger partial charge is 0.254 e. The average Bonchev–Trinajstić information content (AvgIpc) is 2.03. The van der Waals surface area contributed by atoms with Crippen LogP contribution in [-0.2, 0) is 0 Å². The molecule has 0 aliphatic heterocycles. The zero-order valence-corrected chi connectivity index (χ0v) is 8.08. The lowest BCUT2D eigenvalue weighted by Crippen LogP contribution is -1.89. The SMILES string of the molecule is CP(=N)(O)Oc1ccc(C=N)cc1. The minimum Gasteiger partial charge on any atom is -0.439 e. The van der Waals surface area contributed by atoms with Crippen LogP contribution < -0.4 is 4.52 Å². The number of nitrogens with one attached hydrogen (secondary N) is 2. The van der Waals surface area contributed by atoms with Gasteiger partial charge in [0.2, 0.25) is 0 Å². The molecule has 70 valence electrons. The molecule has 0 aliphatic rings. The summed E-state index contributed by atoms with van der Waals surface area (Å²) in [5.41, 5.74) is 0.760. The van der Waals surface area contributed by atoms with Gasteiger partial charge in [0.25, 0.3) is 7.51 Å². The maximum Gasteiger partial charge on any atom is 0.254 e. The van der Waals surface area contributed by atoms with E-state index in [0.29, 0.717) is 5.75 Å². The highest BCUT2D eigenvalue weighted by Gasteiger charge is 2.05. The van der Waals surface area contributed by atoms with E-state index in [-0.39, 0.29) is 0 Å². The van der Waals surface area contributed by atoms with Gasteiger partial charge in [-0.15, -0.1) is 0 Å². The Morgan fingerprint density at radius 1 is 1.38 bits per heavy atom. The molecule has 0 fully saturated rings. The van der Waals surface area contributed by atoms with Crippen molar-refractivity contribution >= 4 is 13.7 Å². The maximum atomic E-state index is 9.11. The Kier molecular flexibility index (Phi) is 2.86. The fourth-order valence-electron chi connectivity index (χ4n) is 0.830. The van der Waals surface area contributed by atoms with E-state index in [1.165, 1.54) is 12.9 Å². The molecule has 1 aromatic rings. The summed E-state index contributed by atoms with van der Waals surface area (Å²) in [5, 5.41) is 14.1. The van der Waals surface area contributed by atoms with Gasteiger partial charge in [-0.05, 0) is 29.8 Å². The van der Waals surface area contributed by atoms with Crippen molar-refractivity contribution in [3.63, 3.8) is 0 Å². The van der Waals surface area contributed by atoms with Gasteiger partial charge in [-0.1, -0.05) is 0 Å². The Labute approximate surface area is 76.7 Å². The Morgan fingerprint density at radius 2 is 1.92 bits per heavy atom. The van der Waals surface area contributed by atoms with Gasteiger partial charge < -0.3 is 14.8 Å². The number of hydrogen-bond donors (Lipinski definition) is 3. The summed E-state index contributed by atoms with van der Waals surface area (Å²) < 4.78 is 4.96. The van der Waals surface area contributed by atoms with E-state index in [4.69, 9.17) is 20.0 Å². The molecule has 0 aliphatic carbocycles. The normalized spacial score (nSPS) is 14.6. The Morgan fingerprint density at radius 3 is 2.31 bits per heavy atom. The van der Waals surface area contributed by atoms with Gasteiger partial charge in [-0.25, -0.2) is 0 Å². The number of rotatable bonds is 3. The monoisotopic (exact) mass is 198 g/mol. The average molecular weight is 198 g/mol. The standard InChI is InChI=1S/C8H11N2O2P/c1-13(10,11)12-8-4-2-7(6-9)3-5-8/h2-6,9H,1H3,(H2,10,11). The Balaban J connectivity index is 2.81. The molecule has 0 bridgehead atoms. The van der Waals surface area contributed by atoms with Crippen LogP contribution in [0.3, 0.4) is 0 Å². The van der Waals surface area contributed by atoms with E-state index >= 15 is 0 Å². The highest BCUT2D eigenvalue weighted by Crippen LogP contribution is 2.38. The van der Waals surface area contributed by atoms with Crippen LogP contribution in [0.15, 0.2) is 24.3 Å². The number of benzene rings is 1. The summed E-state index contributed by atoms with van der Waals surface area (Å²) in [6.07, 6.45) is 1.22.